The Morgan fingerprint density at radius 1 is 1.15 bits per heavy atom. The third kappa shape index (κ3) is 1.30. The van der Waals surface area contributed by atoms with Crippen LogP contribution in [0.2, 0.25) is 0 Å². The SMILES string of the molecule is O=C1c2ccccc2NC2=CN3C(=O)CNC(=O)C3C12. The topological polar surface area (TPSA) is 78.5 Å². The van der Waals surface area contributed by atoms with E-state index in [-0.39, 0.29) is 24.1 Å². The number of fused-ring (bicyclic) bond motifs is 4. The van der Waals surface area contributed by atoms with E-state index in [9.17, 15) is 14.4 Å². The number of amides is 2. The van der Waals surface area contributed by atoms with Gasteiger partial charge in [-0.15, -0.1) is 0 Å². The molecule has 0 bridgehead atoms. The molecule has 2 atom stereocenters. The molecule has 0 aliphatic carbocycles. The lowest BCUT2D eigenvalue weighted by atomic mass is 9.85. The quantitative estimate of drug-likeness (QED) is 0.700. The van der Waals surface area contributed by atoms with Crippen LogP contribution in [-0.2, 0) is 9.59 Å². The summed E-state index contributed by atoms with van der Waals surface area (Å²) in [6.45, 7) is -0.0209. The highest BCUT2D eigenvalue weighted by Crippen LogP contribution is 2.39. The number of para-hydroxylation sites is 1. The van der Waals surface area contributed by atoms with Crippen molar-refractivity contribution in [1.82, 2.24) is 10.2 Å². The molecule has 2 amide bonds. The summed E-state index contributed by atoms with van der Waals surface area (Å²) in [5.41, 5.74) is 1.89. The maximum atomic E-state index is 12.6. The van der Waals surface area contributed by atoms with Crippen molar-refractivity contribution in [3.63, 3.8) is 0 Å². The van der Waals surface area contributed by atoms with Crippen LogP contribution in [-0.4, -0.2) is 35.1 Å². The minimum atomic E-state index is -0.764. The zero-order valence-electron chi connectivity index (χ0n) is 10.4. The number of hydrogen-bond donors (Lipinski definition) is 2. The van der Waals surface area contributed by atoms with Gasteiger partial charge < -0.3 is 15.5 Å². The molecule has 1 fully saturated rings. The summed E-state index contributed by atoms with van der Waals surface area (Å²) in [7, 11) is 0. The van der Waals surface area contributed by atoms with E-state index in [1.165, 1.54) is 4.90 Å². The van der Waals surface area contributed by atoms with Crippen molar-refractivity contribution in [3.8, 4) is 0 Å². The predicted molar refractivity (Wildman–Crippen MR) is 69.6 cm³/mol. The smallest absolute Gasteiger partial charge is 0.246 e. The van der Waals surface area contributed by atoms with E-state index in [4.69, 9.17) is 0 Å². The summed E-state index contributed by atoms with van der Waals surface area (Å²) in [6.07, 6.45) is 1.59. The third-order valence-corrected chi connectivity index (χ3v) is 3.95. The fourth-order valence-corrected chi connectivity index (χ4v) is 3.03. The molecule has 0 aromatic heterocycles. The van der Waals surface area contributed by atoms with Crippen molar-refractivity contribution in [3.05, 3.63) is 41.7 Å². The van der Waals surface area contributed by atoms with Gasteiger partial charge in [0.1, 0.15) is 6.04 Å². The molecular formula is C14H11N3O3. The first kappa shape index (κ1) is 11.2. The average Bonchev–Trinajstić information content (AvgIpc) is 2.84. The summed E-state index contributed by atoms with van der Waals surface area (Å²) in [6, 6.07) is 6.39. The van der Waals surface area contributed by atoms with Crippen molar-refractivity contribution in [2.75, 3.05) is 11.9 Å². The van der Waals surface area contributed by atoms with Crippen molar-refractivity contribution in [1.29, 1.82) is 0 Å². The summed E-state index contributed by atoms with van der Waals surface area (Å²) in [4.78, 5) is 37.9. The third-order valence-electron chi connectivity index (χ3n) is 3.95. The molecule has 6 nitrogen and oxygen atoms in total. The molecule has 4 rings (SSSR count). The Bertz CT molecular complexity index is 695. The lowest BCUT2D eigenvalue weighted by molar-refractivity contribution is -0.142. The van der Waals surface area contributed by atoms with Gasteiger partial charge in [0.25, 0.3) is 0 Å². The van der Waals surface area contributed by atoms with Gasteiger partial charge in [0.2, 0.25) is 11.8 Å². The average molecular weight is 269 g/mol. The molecule has 1 saturated heterocycles. The molecule has 3 heterocycles. The van der Waals surface area contributed by atoms with Gasteiger partial charge >= 0.3 is 0 Å². The van der Waals surface area contributed by atoms with E-state index in [0.29, 0.717) is 16.9 Å². The van der Waals surface area contributed by atoms with Gasteiger partial charge in [-0.25, -0.2) is 0 Å². The largest absolute Gasteiger partial charge is 0.356 e. The highest BCUT2D eigenvalue weighted by atomic mass is 16.2. The van der Waals surface area contributed by atoms with E-state index in [2.05, 4.69) is 10.6 Å². The fourth-order valence-electron chi connectivity index (χ4n) is 3.03. The zero-order chi connectivity index (χ0) is 13.9. The fraction of sp³-hybridized carbons (Fsp3) is 0.214. The van der Waals surface area contributed by atoms with E-state index >= 15 is 0 Å². The second-order valence-corrected chi connectivity index (χ2v) is 5.06. The van der Waals surface area contributed by atoms with Crippen molar-refractivity contribution >= 4 is 23.3 Å². The van der Waals surface area contributed by atoms with Gasteiger partial charge in [-0.05, 0) is 12.1 Å². The van der Waals surface area contributed by atoms with E-state index in [1.807, 2.05) is 12.1 Å². The zero-order valence-corrected chi connectivity index (χ0v) is 10.4. The Hall–Kier alpha value is -2.63. The minimum Gasteiger partial charge on any atom is -0.356 e. The number of benzene rings is 1. The first-order chi connectivity index (χ1) is 9.66. The summed E-state index contributed by atoms with van der Waals surface area (Å²) < 4.78 is 0. The number of carbonyl (C=O) groups excluding carboxylic acids is 3. The lowest BCUT2D eigenvalue weighted by Crippen LogP contribution is -2.58. The number of hydrogen-bond acceptors (Lipinski definition) is 4. The van der Waals surface area contributed by atoms with Crippen LogP contribution < -0.4 is 10.6 Å². The standard InChI is InChI=1S/C14H11N3O3/c18-10-5-15-14(20)12-11-9(6-17(10)12)16-8-4-2-1-3-7(8)13(11)19/h1-4,6,11-12,16H,5H2,(H,15,20). The number of nitrogens with one attached hydrogen (secondary N) is 2. The first-order valence-electron chi connectivity index (χ1n) is 6.37. The second kappa shape index (κ2) is 3.69. The van der Waals surface area contributed by atoms with Crippen molar-refractivity contribution < 1.29 is 14.4 Å². The number of rotatable bonds is 0. The van der Waals surface area contributed by atoms with E-state index < -0.39 is 12.0 Å². The summed E-state index contributed by atoms with van der Waals surface area (Å²) in [5, 5.41) is 5.69. The van der Waals surface area contributed by atoms with Crippen LogP contribution in [0.15, 0.2) is 36.2 Å². The maximum Gasteiger partial charge on any atom is 0.246 e. The van der Waals surface area contributed by atoms with Gasteiger partial charge in [-0.1, -0.05) is 12.1 Å². The molecule has 100 valence electrons. The van der Waals surface area contributed by atoms with Gasteiger partial charge in [-0.2, -0.15) is 0 Å². The number of piperazine rings is 1. The molecule has 0 saturated carbocycles. The Morgan fingerprint density at radius 3 is 2.80 bits per heavy atom. The van der Waals surface area contributed by atoms with Crippen LogP contribution in [0.4, 0.5) is 5.69 Å². The van der Waals surface area contributed by atoms with Crippen molar-refractivity contribution in [2.24, 2.45) is 5.92 Å². The highest BCUT2D eigenvalue weighted by molar-refractivity contribution is 6.11. The molecule has 2 N–H and O–H groups in total. The van der Waals surface area contributed by atoms with Crippen LogP contribution >= 0.6 is 0 Å². The minimum absolute atomic E-state index is 0.0209. The highest BCUT2D eigenvalue weighted by Gasteiger charge is 2.50. The van der Waals surface area contributed by atoms with Gasteiger partial charge in [0, 0.05) is 23.1 Å². The van der Waals surface area contributed by atoms with Gasteiger partial charge in [0.15, 0.2) is 5.78 Å². The molecule has 0 radical (unpaired) electrons. The Labute approximate surface area is 114 Å². The maximum absolute atomic E-state index is 12.6. The van der Waals surface area contributed by atoms with Crippen LogP contribution in [0.3, 0.4) is 0 Å². The molecule has 1 aromatic carbocycles. The van der Waals surface area contributed by atoms with E-state index in [1.54, 1.807) is 18.3 Å². The molecule has 3 aliphatic heterocycles. The lowest BCUT2D eigenvalue weighted by Gasteiger charge is -2.32. The molecule has 20 heavy (non-hydrogen) atoms. The molecular weight excluding hydrogens is 258 g/mol. The second-order valence-electron chi connectivity index (χ2n) is 5.06. The van der Waals surface area contributed by atoms with E-state index in [0.717, 1.165) is 0 Å². The summed E-state index contributed by atoms with van der Waals surface area (Å²) >= 11 is 0. The Morgan fingerprint density at radius 2 is 1.95 bits per heavy atom. The van der Waals surface area contributed by atoms with Crippen LogP contribution in [0.25, 0.3) is 0 Å². The number of anilines is 1. The van der Waals surface area contributed by atoms with Crippen LogP contribution in [0, 0.1) is 5.92 Å². The molecule has 3 aliphatic rings. The number of carbonyl (C=O) groups is 3. The monoisotopic (exact) mass is 269 g/mol. The number of ketones is 1. The Kier molecular flexibility index (Phi) is 2.07. The number of Topliss-reactive ketones (excluding diaryl/α,β-unsaturated/α-hetero) is 1. The van der Waals surface area contributed by atoms with Gasteiger partial charge in [0.05, 0.1) is 12.5 Å². The Balaban J connectivity index is 1.83. The molecule has 2 unspecified atom stereocenters. The summed E-state index contributed by atoms with van der Waals surface area (Å²) in [5.74, 6) is -1.23. The van der Waals surface area contributed by atoms with Crippen molar-refractivity contribution in [2.45, 2.75) is 6.04 Å². The number of nitrogens with zero attached hydrogens (tertiary/aromatic N) is 1. The molecule has 1 aromatic rings. The van der Waals surface area contributed by atoms with Crippen LogP contribution in [0.5, 0.6) is 0 Å². The molecule has 6 heteroatoms. The predicted octanol–water partition coefficient (Wildman–Crippen LogP) is 0.0930. The first-order valence-corrected chi connectivity index (χ1v) is 6.37. The van der Waals surface area contributed by atoms with Gasteiger partial charge in [-0.3, -0.25) is 14.4 Å². The normalized spacial score (nSPS) is 27.1. The van der Waals surface area contributed by atoms with Crippen LogP contribution in [0.1, 0.15) is 10.4 Å². The molecule has 0 spiro atoms.